The van der Waals surface area contributed by atoms with Crippen LogP contribution >= 0.6 is 0 Å². The second-order valence-electron chi connectivity index (χ2n) is 9.10. The maximum Gasteiger partial charge on any atom is 0.228 e. The van der Waals surface area contributed by atoms with Gasteiger partial charge in [-0.2, -0.15) is 0 Å². The van der Waals surface area contributed by atoms with Crippen LogP contribution in [0.25, 0.3) is 11.3 Å². The van der Waals surface area contributed by atoms with Gasteiger partial charge in [0.2, 0.25) is 11.8 Å². The standard InChI is InChI=1S/C28H38N4O3/c1-6-10-20-11-8-9-12-22(16-20)24-18-26(30-28(34)19(3)15-27(33)29-4)31-32(24)23-13-14-25(35-5)21(7-2)17-23/h8,11-14,16,18-19,21H,6-7,9-10,15,17H2,1-5H3,(H,29,33)(H,30,31,34)/t19-,21-/m1/s1. The number of hydrogen-bond donors (Lipinski definition) is 2. The molecule has 0 unspecified atom stereocenters. The van der Waals surface area contributed by atoms with Crippen molar-refractivity contribution < 1.29 is 14.3 Å². The van der Waals surface area contributed by atoms with E-state index in [9.17, 15) is 9.59 Å². The molecule has 1 aromatic rings. The summed E-state index contributed by atoms with van der Waals surface area (Å²) >= 11 is 0. The van der Waals surface area contributed by atoms with Crippen molar-refractivity contribution >= 4 is 28.9 Å². The molecule has 2 amide bonds. The van der Waals surface area contributed by atoms with Gasteiger partial charge >= 0.3 is 0 Å². The van der Waals surface area contributed by atoms with Crippen molar-refractivity contribution in [3.63, 3.8) is 0 Å². The summed E-state index contributed by atoms with van der Waals surface area (Å²) in [6, 6.07) is 1.93. The Hall–Kier alpha value is -3.35. The zero-order valence-electron chi connectivity index (χ0n) is 21.6. The van der Waals surface area contributed by atoms with E-state index in [0.717, 1.165) is 54.8 Å². The Morgan fingerprint density at radius 1 is 1.29 bits per heavy atom. The first-order valence-electron chi connectivity index (χ1n) is 12.5. The van der Waals surface area contributed by atoms with Crippen molar-refractivity contribution in [3.05, 3.63) is 59.5 Å². The maximum atomic E-state index is 12.8. The summed E-state index contributed by atoms with van der Waals surface area (Å²) in [6.45, 7) is 6.08. The van der Waals surface area contributed by atoms with Crippen LogP contribution in [0, 0.1) is 11.8 Å². The van der Waals surface area contributed by atoms with Crippen LogP contribution in [0.2, 0.25) is 0 Å². The Kier molecular flexibility index (Phi) is 9.29. The minimum atomic E-state index is -0.466. The van der Waals surface area contributed by atoms with Crippen LogP contribution in [0.5, 0.6) is 0 Å². The predicted octanol–water partition coefficient (Wildman–Crippen LogP) is 5.46. The average Bonchev–Trinajstić information content (AvgIpc) is 3.14. The lowest BCUT2D eigenvalue weighted by molar-refractivity contribution is -0.126. The number of nitrogens with zero attached hydrogens (tertiary/aromatic N) is 2. The molecule has 0 saturated carbocycles. The van der Waals surface area contributed by atoms with Crippen LogP contribution in [0.3, 0.4) is 0 Å². The number of carbonyl (C=O) groups is 2. The van der Waals surface area contributed by atoms with E-state index in [1.807, 2.05) is 22.9 Å². The van der Waals surface area contributed by atoms with Gasteiger partial charge in [0.05, 0.1) is 18.6 Å². The van der Waals surface area contributed by atoms with Gasteiger partial charge in [-0.25, -0.2) is 4.68 Å². The third kappa shape index (κ3) is 6.62. The topological polar surface area (TPSA) is 85.3 Å². The number of aromatic nitrogens is 2. The van der Waals surface area contributed by atoms with Crippen LogP contribution in [-0.2, 0) is 14.3 Å². The number of methoxy groups -OCH3 is 1. The van der Waals surface area contributed by atoms with E-state index >= 15 is 0 Å². The molecule has 1 aromatic heterocycles. The van der Waals surface area contributed by atoms with Gasteiger partial charge in [-0.05, 0) is 55.1 Å². The summed E-state index contributed by atoms with van der Waals surface area (Å²) < 4.78 is 7.52. The second-order valence-corrected chi connectivity index (χ2v) is 9.10. The fourth-order valence-electron chi connectivity index (χ4n) is 4.41. The molecule has 0 bridgehead atoms. The molecular formula is C28H38N4O3. The highest BCUT2D eigenvalue weighted by Crippen LogP contribution is 2.34. The molecule has 0 saturated heterocycles. The third-order valence-corrected chi connectivity index (χ3v) is 6.46. The Labute approximate surface area is 208 Å². The van der Waals surface area contributed by atoms with Crippen molar-refractivity contribution in [2.24, 2.45) is 11.8 Å². The molecule has 2 N–H and O–H groups in total. The Morgan fingerprint density at radius 3 is 2.77 bits per heavy atom. The van der Waals surface area contributed by atoms with E-state index in [1.54, 1.807) is 21.1 Å². The quantitative estimate of drug-likeness (QED) is 0.467. The first-order chi connectivity index (χ1) is 16.9. The minimum absolute atomic E-state index is 0.129. The molecule has 7 heteroatoms. The van der Waals surface area contributed by atoms with Crippen LogP contribution in [-0.4, -0.2) is 35.8 Å². The molecule has 0 fully saturated rings. The molecule has 0 aliphatic heterocycles. The van der Waals surface area contributed by atoms with Gasteiger partial charge in [0.25, 0.3) is 0 Å². The van der Waals surface area contributed by atoms with Gasteiger partial charge in [-0.3, -0.25) is 9.59 Å². The number of nitrogens with one attached hydrogen (secondary N) is 2. The average molecular weight is 479 g/mol. The minimum Gasteiger partial charge on any atom is -0.501 e. The van der Waals surface area contributed by atoms with Gasteiger partial charge in [0, 0.05) is 37.1 Å². The smallest absolute Gasteiger partial charge is 0.228 e. The Morgan fingerprint density at radius 2 is 2.09 bits per heavy atom. The molecule has 0 radical (unpaired) electrons. The van der Waals surface area contributed by atoms with E-state index in [1.165, 1.54) is 5.57 Å². The van der Waals surface area contributed by atoms with Gasteiger partial charge in [-0.15, -0.1) is 5.10 Å². The predicted molar refractivity (Wildman–Crippen MR) is 141 cm³/mol. The van der Waals surface area contributed by atoms with Crippen molar-refractivity contribution in [1.82, 2.24) is 15.1 Å². The molecule has 0 aromatic carbocycles. The highest BCUT2D eigenvalue weighted by atomic mass is 16.5. The summed E-state index contributed by atoms with van der Waals surface area (Å²) in [7, 11) is 3.28. The molecule has 2 atom stereocenters. The number of ether oxygens (including phenoxy) is 1. The fraction of sp³-hybridized carbons (Fsp3) is 0.464. The molecular weight excluding hydrogens is 440 g/mol. The van der Waals surface area contributed by atoms with Gasteiger partial charge in [0.15, 0.2) is 5.82 Å². The highest BCUT2D eigenvalue weighted by molar-refractivity contribution is 5.94. The van der Waals surface area contributed by atoms with Gasteiger partial charge < -0.3 is 15.4 Å². The van der Waals surface area contributed by atoms with E-state index in [0.29, 0.717) is 5.82 Å². The number of allylic oxidation sites excluding steroid dienone is 10. The molecule has 3 rings (SSSR count). The number of anilines is 1. The largest absolute Gasteiger partial charge is 0.501 e. The van der Waals surface area contributed by atoms with Crippen LogP contribution < -0.4 is 10.6 Å². The van der Waals surface area contributed by atoms with Crippen LogP contribution in [0.4, 0.5) is 5.82 Å². The number of rotatable bonds is 10. The van der Waals surface area contributed by atoms with E-state index in [2.05, 4.69) is 48.8 Å². The van der Waals surface area contributed by atoms with E-state index in [-0.39, 0.29) is 24.2 Å². The molecule has 2 aliphatic rings. The summed E-state index contributed by atoms with van der Waals surface area (Å²) in [4.78, 5) is 24.5. The molecule has 0 spiro atoms. The first kappa shape index (κ1) is 26.3. The monoisotopic (exact) mass is 478 g/mol. The third-order valence-electron chi connectivity index (χ3n) is 6.46. The first-order valence-corrected chi connectivity index (χ1v) is 12.5. The summed E-state index contributed by atoms with van der Waals surface area (Å²) in [6.07, 6.45) is 17.6. The molecule has 188 valence electrons. The molecule has 1 heterocycles. The summed E-state index contributed by atoms with van der Waals surface area (Å²) in [5.41, 5.74) is 4.35. The fourth-order valence-corrected chi connectivity index (χ4v) is 4.41. The van der Waals surface area contributed by atoms with Crippen molar-refractivity contribution in [3.8, 4) is 0 Å². The summed E-state index contributed by atoms with van der Waals surface area (Å²) in [5, 5.41) is 10.3. The van der Waals surface area contributed by atoms with E-state index in [4.69, 9.17) is 9.84 Å². The lowest BCUT2D eigenvalue weighted by Crippen LogP contribution is -2.27. The molecule has 7 nitrogen and oxygen atoms in total. The van der Waals surface area contributed by atoms with Crippen LogP contribution in [0.15, 0.2) is 53.9 Å². The van der Waals surface area contributed by atoms with Gasteiger partial charge in [-0.1, -0.05) is 45.4 Å². The summed E-state index contributed by atoms with van der Waals surface area (Å²) in [5.74, 6) is 0.874. The Balaban J connectivity index is 1.99. The van der Waals surface area contributed by atoms with Crippen molar-refractivity contribution in [1.29, 1.82) is 0 Å². The SMILES string of the molecule is CCCC1=CC(c2cc(NC(=O)[C@H](C)CC(=O)NC)nn2C2=CC=C(OC)[C@H](CC)C2)=CCC=C1. The number of hydrogen-bond acceptors (Lipinski definition) is 4. The van der Waals surface area contributed by atoms with E-state index < -0.39 is 5.92 Å². The normalized spacial score (nSPS) is 18.5. The number of carbonyl (C=O) groups excluding carboxylic acids is 2. The Bertz CT molecular complexity index is 1090. The zero-order chi connectivity index (χ0) is 25.4. The second kappa shape index (κ2) is 12.4. The molecule has 2 aliphatic carbocycles. The lowest BCUT2D eigenvalue weighted by Gasteiger charge is -2.24. The van der Waals surface area contributed by atoms with Crippen LogP contribution in [0.1, 0.15) is 65.0 Å². The lowest BCUT2D eigenvalue weighted by atomic mass is 9.93. The van der Waals surface area contributed by atoms with Gasteiger partial charge in [0.1, 0.15) is 0 Å². The maximum absolute atomic E-state index is 12.8. The van der Waals surface area contributed by atoms with Crippen molar-refractivity contribution in [2.75, 3.05) is 19.5 Å². The zero-order valence-corrected chi connectivity index (χ0v) is 21.6. The number of amides is 2. The molecule has 35 heavy (non-hydrogen) atoms. The highest BCUT2D eigenvalue weighted by Gasteiger charge is 2.24. The van der Waals surface area contributed by atoms with Crippen molar-refractivity contribution in [2.45, 2.75) is 59.3 Å².